The number of anilines is 1. The zero-order chi connectivity index (χ0) is 15.4. The second kappa shape index (κ2) is 6.07. The summed E-state index contributed by atoms with van der Waals surface area (Å²) in [6, 6.07) is 13.6. The van der Waals surface area contributed by atoms with Crippen LogP contribution in [0.5, 0.6) is 0 Å². The summed E-state index contributed by atoms with van der Waals surface area (Å²) in [4.78, 5) is 0. The maximum absolute atomic E-state index is 10.7. The number of nitrogens with one attached hydrogen (secondary N) is 1. The van der Waals surface area contributed by atoms with E-state index >= 15 is 0 Å². The lowest BCUT2D eigenvalue weighted by Gasteiger charge is -2.02. The molecule has 3 N–H and O–H groups in total. The number of hydrogen-bond donors (Lipinski definition) is 3. The van der Waals surface area contributed by atoms with Gasteiger partial charge in [-0.05, 0) is 11.5 Å². The van der Waals surface area contributed by atoms with Crippen LogP contribution in [0.3, 0.4) is 0 Å². The summed E-state index contributed by atoms with van der Waals surface area (Å²) in [7, 11) is -5.84. The fourth-order valence-corrected chi connectivity index (χ4v) is 1.32. The number of halogens is 3. The van der Waals surface area contributed by atoms with Crippen molar-refractivity contribution in [3.63, 3.8) is 0 Å². The molecule has 0 aromatic heterocycles. The van der Waals surface area contributed by atoms with Crippen molar-refractivity contribution in [2.45, 2.75) is 5.51 Å². The van der Waals surface area contributed by atoms with E-state index in [2.05, 4.69) is 5.48 Å². The van der Waals surface area contributed by atoms with Crippen molar-refractivity contribution in [1.82, 2.24) is 0 Å². The van der Waals surface area contributed by atoms with Crippen molar-refractivity contribution < 1.29 is 31.3 Å². The van der Waals surface area contributed by atoms with Crippen LogP contribution < -0.4 is 5.48 Å². The van der Waals surface area contributed by atoms with Gasteiger partial charge in [-0.2, -0.15) is 21.6 Å². The molecule has 0 heterocycles. The SMILES string of the molecule is O=S(=O)(O)C(F)(F)F.ONc1cccc2ccccc12. The minimum atomic E-state index is -5.84. The molecular weight excluding hydrogens is 299 g/mol. The van der Waals surface area contributed by atoms with E-state index in [1.54, 1.807) is 0 Å². The third kappa shape index (κ3) is 4.08. The molecule has 0 spiro atoms. The standard InChI is InChI=1S/C10H9NO.CHF3O3S/c12-11-10-7-3-5-8-4-1-2-6-9(8)10;2-1(3,4)8(5,6)7/h1-7,11-12H;(H,5,6,7). The molecule has 0 fully saturated rings. The predicted molar refractivity (Wildman–Crippen MR) is 67.0 cm³/mol. The van der Waals surface area contributed by atoms with Crippen LogP contribution in [0.15, 0.2) is 42.5 Å². The van der Waals surface area contributed by atoms with Gasteiger partial charge in [-0.15, -0.1) is 0 Å². The highest BCUT2D eigenvalue weighted by molar-refractivity contribution is 7.86. The molecular formula is C11H10F3NO4S. The number of benzene rings is 2. The summed E-state index contributed by atoms with van der Waals surface area (Å²) in [6.45, 7) is 0. The molecule has 5 nitrogen and oxygen atoms in total. The Hall–Kier alpha value is -1.84. The lowest BCUT2D eigenvalue weighted by molar-refractivity contribution is -0.0510. The molecule has 0 aliphatic carbocycles. The Balaban J connectivity index is 0.000000221. The second-order valence-electron chi connectivity index (χ2n) is 3.56. The maximum Gasteiger partial charge on any atom is 0.522 e. The highest BCUT2D eigenvalue weighted by Crippen LogP contribution is 2.22. The van der Waals surface area contributed by atoms with E-state index in [0.29, 0.717) is 0 Å². The lowest BCUT2D eigenvalue weighted by Crippen LogP contribution is -2.21. The van der Waals surface area contributed by atoms with Gasteiger partial charge in [-0.25, -0.2) is 0 Å². The molecule has 0 radical (unpaired) electrons. The second-order valence-corrected chi connectivity index (χ2v) is 4.97. The first-order chi connectivity index (χ1) is 9.17. The van der Waals surface area contributed by atoms with Gasteiger partial charge in [0.05, 0.1) is 5.69 Å². The first-order valence-electron chi connectivity index (χ1n) is 5.08. The van der Waals surface area contributed by atoms with E-state index in [0.717, 1.165) is 16.5 Å². The van der Waals surface area contributed by atoms with Crippen LogP contribution in [0.25, 0.3) is 10.8 Å². The van der Waals surface area contributed by atoms with E-state index < -0.39 is 15.6 Å². The van der Waals surface area contributed by atoms with Crippen molar-refractivity contribution in [2.24, 2.45) is 0 Å². The van der Waals surface area contributed by atoms with Crippen LogP contribution in [0.4, 0.5) is 18.9 Å². The van der Waals surface area contributed by atoms with E-state index in [4.69, 9.17) is 18.2 Å². The summed E-state index contributed by atoms with van der Waals surface area (Å²) < 4.78 is 57.5. The van der Waals surface area contributed by atoms with Crippen LogP contribution in [0.2, 0.25) is 0 Å². The molecule has 20 heavy (non-hydrogen) atoms. The van der Waals surface area contributed by atoms with Crippen molar-refractivity contribution in [3.05, 3.63) is 42.5 Å². The Labute approximate surface area is 112 Å². The zero-order valence-electron chi connectivity index (χ0n) is 9.79. The monoisotopic (exact) mass is 309 g/mol. The van der Waals surface area contributed by atoms with Crippen molar-refractivity contribution in [3.8, 4) is 0 Å². The minimum Gasteiger partial charge on any atom is -0.291 e. The molecule has 110 valence electrons. The molecule has 2 aromatic carbocycles. The normalized spacial score (nSPS) is 11.7. The quantitative estimate of drug-likeness (QED) is 0.428. The van der Waals surface area contributed by atoms with Gasteiger partial charge in [0.1, 0.15) is 0 Å². The number of rotatable bonds is 1. The number of hydrogen-bond acceptors (Lipinski definition) is 4. The summed E-state index contributed by atoms with van der Waals surface area (Å²) in [5, 5.41) is 10.9. The molecule has 0 amide bonds. The van der Waals surface area contributed by atoms with Crippen molar-refractivity contribution in [2.75, 3.05) is 5.48 Å². The zero-order valence-corrected chi connectivity index (χ0v) is 10.6. The fourth-order valence-electron chi connectivity index (χ4n) is 1.32. The minimum absolute atomic E-state index is 0.744. The Morgan fingerprint density at radius 3 is 2.00 bits per heavy atom. The topological polar surface area (TPSA) is 86.6 Å². The summed E-state index contributed by atoms with van der Waals surface area (Å²) in [6.07, 6.45) is 0. The van der Waals surface area contributed by atoms with Crippen LogP contribution in [-0.4, -0.2) is 23.7 Å². The first kappa shape index (κ1) is 16.2. The molecule has 0 aliphatic rings. The third-order valence-corrected chi connectivity index (χ3v) is 2.79. The molecule has 0 saturated heterocycles. The van der Waals surface area contributed by atoms with Gasteiger partial charge >= 0.3 is 15.6 Å². The summed E-state index contributed by atoms with van der Waals surface area (Å²) in [5.41, 5.74) is -2.62. The Kier molecular flexibility index (Phi) is 4.93. The largest absolute Gasteiger partial charge is 0.522 e. The van der Waals surface area contributed by atoms with Crippen LogP contribution in [-0.2, 0) is 10.1 Å². The smallest absolute Gasteiger partial charge is 0.291 e. The maximum atomic E-state index is 10.7. The van der Waals surface area contributed by atoms with Gasteiger partial charge in [0, 0.05) is 5.39 Å². The van der Waals surface area contributed by atoms with E-state index in [1.165, 1.54) is 0 Å². The van der Waals surface area contributed by atoms with Gasteiger partial charge in [-0.3, -0.25) is 15.2 Å². The Bertz CT molecular complexity index is 680. The van der Waals surface area contributed by atoms with Crippen LogP contribution in [0, 0.1) is 0 Å². The molecule has 0 bridgehead atoms. The molecule has 2 rings (SSSR count). The fraction of sp³-hybridized carbons (Fsp3) is 0.0909. The molecule has 2 aromatic rings. The van der Waals surface area contributed by atoms with Crippen molar-refractivity contribution >= 4 is 26.6 Å². The van der Waals surface area contributed by atoms with E-state index in [9.17, 15) is 13.2 Å². The van der Waals surface area contributed by atoms with E-state index in [1.807, 2.05) is 42.5 Å². The van der Waals surface area contributed by atoms with Crippen molar-refractivity contribution in [1.29, 1.82) is 0 Å². The van der Waals surface area contributed by atoms with Crippen LogP contribution in [0.1, 0.15) is 0 Å². The number of alkyl halides is 3. The highest BCUT2D eigenvalue weighted by atomic mass is 32.2. The first-order valence-corrected chi connectivity index (χ1v) is 6.52. The Morgan fingerprint density at radius 1 is 1.00 bits per heavy atom. The summed E-state index contributed by atoms with van der Waals surface area (Å²) in [5.74, 6) is 0. The molecule has 0 unspecified atom stereocenters. The molecule has 0 saturated carbocycles. The predicted octanol–water partition coefficient (Wildman–Crippen LogP) is 3.03. The van der Waals surface area contributed by atoms with Gasteiger partial charge in [-0.1, -0.05) is 36.4 Å². The lowest BCUT2D eigenvalue weighted by atomic mass is 10.1. The molecule has 0 aliphatic heterocycles. The van der Waals surface area contributed by atoms with Gasteiger partial charge in [0.15, 0.2) is 0 Å². The molecule has 0 atom stereocenters. The summed E-state index contributed by atoms with van der Waals surface area (Å²) >= 11 is 0. The average Bonchev–Trinajstić information content (AvgIpc) is 2.36. The average molecular weight is 309 g/mol. The van der Waals surface area contributed by atoms with E-state index in [-0.39, 0.29) is 0 Å². The highest BCUT2D eigenvalue weighted by Gasteiger charge is 2.44. The molecule has 9 heteroatoms. The van der Waals surface area contributed by atoms with Gasteiger partial charge in [0.2, 0.25) is 0 Å². The van der Waals surface area contributed by atoms with Gasteiger partial charge in [0.25, 0.3) is 0 Å². The Morgan fingerprint density at radius 2 is 1.50 bits per heavy atom. The third-order valence-electron chi connectivity index (χ3n) is 2.20. The number of fused-ring (bicyclic) bond motifs is 1. The van der Waals surface area contributed by atoms with Crippen LogP contribution >= 0.6 is 0 Å². The van der Waals surface area contributed by atoms with Gasteiger partial charge < -0.3 is 0 Å².